The molecule has 6 nitrogen and oxygen atoms in total. The van der Waals surface area contributed by atoms with Crippen LogP contribution in [0.2, 0.25) is 0 Å². The summed E-state index contributed by atoms with van der Waals surface area (Å²) in [6, 6.07) is 11.7. The summed E-state index contributed by atoms with van der Waals surface area (Å²) in [5.41, 5.74) is 2.82. The van der Waals surface area contributed by atoms with Gasteiger partial charge in [-0.15, -0.1) is 0 Å². The first-order valence-corrected chi connectivity index (χ1v) is 12.9. The highest BCUT2D eigenvalue weighted by molar-refractivity contribution is 7.79. The molecule has 0 unspecified atom stereocenters. The summed E-state index contributed by atoms with van der Waals surface area (Å²) >= 11 is 5.27. The number of benzene rings is 1. The Morgan fingerprint density at radius 2 is 1.74 bits per heavy atom. The molecule has 0 fully saturated rings. The van der Waals surface area contributed by atoms with Gasteiger partial charge in [-0.2, -0.15) is 24.0 Å². The Labute approximate surface area is 212 Å². The molecule has 3 aromatic rings. The monoisotopic (exact) mass is 508 g/mol. The molecule has 1 amide bonds. The normalized spacial score (nSPS) is 9.18. The summed E-state index contributed by atoms with van der Waals surface area (Å²) in [4.78, 5) is 16.4. The zero-order chi connectivity index (χ0) is 25.8. The SMILES string of the molecule is CC.CNc1cc(C(=O)NCCO)cc(NCCc2ccc(F)cc2)n1.CS.Cc1ccsc1. The van der Waals surface area contributed by atoms with Gasteiger partial charge in [0, 0.05) is 25.7 Å². The van der Waals surface area contributed by atoms with E-state index < -0.39 is 0 Å². The minimum Gasteiger partial charge on any atom is -0.395 e. The third kappa shape index (κ3) is 13.2. The highest BCUT2D eigenvalue weighted by atomic mass is 32.1. The first kappa shape index (κ1) is 31.4. The lowest BCUT2D eigenvalue weighted by Crippen LogP contribution is -2.26. The van der Waals surface area contributed by atoms with Crippen LogP contribution in [0.1, 0.15) is 35.3 Å². The molecule has 0 saturated heterocycles. The number of halogens is 1. The van der Waals surface area contributed by atoms with Gasteiger partial charge in [-0.25, -0.2) is 9.37 Å². The molecular weight excluding hydrogens is 471 g/mol. The summed E-state index contributed by atoms with van der Waals surface area (Å²) in [5.74, 6) is 0.604. The van der Waals surface area contributed by atoms with Crippen LogP contribution in [0.3, 0.4) is 0 Å². The maximum Gasteiger partial charge on any atom is 0.251 e. The number of nitrogens with one attached hydrogen (secondary N) is 3. The van der Waals surface area contributed by atoms with Gasteiger partial charge >= 0.3 is 0 Å². The molecule has 0 aliphatic rings. The van der Waals surface area contributed by atoms with E-state index in [9.17, 15) is 9.18 Å². The predicted molar refractivity (Wildman–Crippen MR) is 147 cm³/mol. The zero-order valence-corrected chi connectivity index (χ0v) is 22.3. The van der Waals surface area contributed by atoms with Crippen LogP contribution >= 0.6 is 24.0 Å². The van der Waals surface area contributed by atoms with E-state index >= 15 is 0 Å². The second-order valence-electron chi connectivity index (χ2n) is 6.46. The average molecular weight is 509 g/mol. The highest BCUT2D eigenvalue weighted by Crippen LogP contribution is 2.14. The Morgan fingerprint density at radius 3 is 2.24 bits per heavy atom. The summed E-state index contributed by atoms with van der Waals surface area (Å²) in [6.45, 7) is 6.78. The Morgan fingerprint density at radius 1 is 1.09 bits per heavy atom. The van der Waals surface area contributed by atoms with Crippen molar-refractivity contribution in [3.05, 3.63) is 75.7 Å². The average Bonchev–Trinajstić information content (AvgIpc) is 3.37. The van der Waals surface area contributed by atoms with E-state index in [4.69, 9.17) is 5.11 Å². The Hall–Kier alpha value is -2.62. The number of aryl methyl sites for hydroxylation is 1. The summed E-state index contributed by atoms with van der Waals surface area (Å²) in [7, 11) is 1.72. The summed E-state index contributed by atoms with van der Waals surface area (Å²) in [5, 5.41) is 21.7. The molecule has 0 radical (unpaired) electrons. The fourth-order valence-corrected chi connectivity index (χ4v) is 3.14. The van der Waals surface area contributed by atoms with E-state index in [0.29, 0.717) is 30.2 Å². The van der Waals surface area contributed by atoms with Crippen molar-refractivity contribution in [3.8, 4) is 0 Å². The molecule has 34 heavy (non-hydrogen) atoms. The molecule has 0 aliphatic carbocycles. The number of pyridine rings is 1. The standard InChI is InChI=1S/C17H21FN4O2.C5H6S.C2H6.CH4S/c1-19-15-10-13(17(24)21-8-9-23)11-16(22-15)20-7-6-12-2-4-14(18)5-3-12;1-5-2-3-6-4-5;2*1-2/h2-5,10-11,23H,6-9H2,1H3,(H,21,24)(H2,19,20,22);2-4H,1H3;1-2H3;2H,1H3. The van der Waals surface area contributed by atoms with Crippen LogP contribution in [-0.4, -0.2) is 49.0 Å². The first-order chi connectivity index (χ1) is 16.5. The van der Waals surface area contributed by atoms with Crippen LogP contribution in [0.5, 0.6) is 0 Å². The number of anilines is 2. The van der Waals surface area contributed by atoms with Gasteiger partial charge in [0.2, 0.25) is 0 Å². The van der Waals surface area contributed by atoms with Gasteiger partial charge in [-0.3, -0.25) is 4.79 Å². The van der Waals surface area contributed by atoms with Gasteiger partial charge in [-0.1, -0.05) is 26.0 Å². The Kier molecular flexibility index (Phi) is 18.3. The van der Waals surface area contributed by atoms with Gasteiger partial charge in [0.05, 0.1) is 6.61 Å². The Bertz CT molecular complexity index is 908. The second-order valence-corrected chi connectivity index (χ2v) is 7.24. The van der Waals surface area contributed by atoms with Crippen LogP contribution in [0, 0.1) is 12.7 Å². The van der Waals surface area contributed by atoms with Crippen molar-refractivity contribution in [1.82, 2.24) is 10.3 Å². The maximum absolute atomic E-state index is 12.9. The first-order valence-electron chi connectivity index (χ1n) is 11.0. The van der Waals surface area contributed by atoms with Crippen LogP contribution in [0.15, 0.2) is 53.2 Å². The van der Waals surface area contributed by atoms with Gasteiger partial charge in [0.25, 0.3) is 5.91 Å². The molecule has 2 aromatic heterocycles. The maximum atomic E-state index is 12.9. The van der Waals surface area contributed by atoms with Gasteiger partial charge < -0.3 is 21.1 Å². The lowest BCUT2D eigenvalue weighted by atomic mass is 10.1. The number of amides is 1. The number of aromatic nitrogens is 1. The van der Waals surface area contributed by atoms with Crippen molar-refractivity contribution in [1.29, 1.82) is 0 Å². The molecule has 9 heteroatoms. The van der Waals surface area contributed by atoms with E-state index in [0.717, 1.165) is 5.56 Å². The zero-order valence-electron chi connectivity index (χ0n) is 20.6. The van der Waals surface area contributed by atoms with Crippen molar-refractivity contribution in [3.63, 3.8) is 0 Å². The van der Waals surface area contributed by atoms with Gasteiger partial charge in [-0.05, 0) is 71.8 Å². The summed E-state index contributed by atoms with van der Waals surface area (Å²) in [6.07, 6.45) is 2.40. The third-order valence-electron chi connectivity index (χ3n) is 4.04. The van der Waals surface area contributed by atoms with E-state index in [-0.39, 0.29) is 24.9 Å². The largest absolute Gasteiger partial charge is 0.395 e. The van der Waals surface area contributed by atoms with Crippen LogP contribution in [0.4, 0.5) is 16.0 Å². The van der Waals surface area contributed by atoms with Crippen molar-refractivity contribution in [2.24, 2.45) is 0 Å². The predicted octanol–water partition coefficient (Wildman–Crippen LogP) is 5.27. The number of nitrogens with zero attached hydrogens (tertiary/aromatic N) is 1. The lowest BCUT2D eigenvalue weighted by molar-refractivity contribution is 0.0944. The molecule has 0 saturated carbocycles. The molecule has 188 valence electrons. The number of hydrogen-bond donors (Lipinski definition) is 5. The molecular formula is C25H37FN4O2S2. The third-order valence-corrected chi connectivity index (χ3v) is 4.84. The molecule has 0 atom stereocenters. The number of hydrogen-bond acceptors (Lipinski definition) is 7. The van der Waals surface area contributed by atoms with Gasteiger partial charge in [0.15, 0.2) is 0 Å². The lowest BCUT2D eigenvalue weighted by Gasteiger charge is -2.11. The van der Waals surface area contributed by atoms with Crippen molar-refractivity contribution in [2.45, 2.75) is 27.2 Å². The minimum atomic E-state index is -0.274. The van der Waals surface area contributed by atoms with E-state index in [2.05, 4.69) is 57.3 Å². The van der Waals surface area contributed by atoms with Crippen molar-refractivity contribution >= 4 is 41.5 Å². The molecule has 3 rings (SSSR count). The number of thiophene rings is 1. The van der Waals surface area contributed by atoms with Gasteiger partial charge in [0.1, 0.15) is 17.5 Å². The number of aliphatic hydroxyl groups excluding tert-OH is 1. The van der Waals surface area contributed by atoms with E-state index in [1.807, 2.05) is 13.8 Å². The molecule has 0 aliphatic heterocycles. The van der Waals surface area contributed by atoms with Crippen molar-refractivity contribution in [2.75, 3.05) is 43.6 Å². The Balaban J connectivity index is 0.000000916. The van der Waals surface area contributed by atoms with E-state index in [1.165, 1.54) is 17.7 Å². The topological polar surface area (TPSA) is 86.3 Å². The van der Waals surface area contributed by atoms with Crippen LogP contribution in [-0.2, 0) is 6.42 Å². The number of carbonyl (C=O) groups is 1. The molecule has 4 N–H and O–H groups in total. The molecule has 2 heterocycles. The fraction of sp³-hybridized carbons (Fsp3) is 0.360. The smallest absolute Gasteiger partial charge is 0.251 e. The molecule has 0 bridgehead atoms. The van der Waals surface area contributed by atoms with Crippen molar-refractivity contribution < 1.29 is 14.3 Å². The number of rotatable bonds is 8. The highest BCUT2D eigenvalue weighted by Gasteiger charge is 2.09. The fourth-order valence-electron chi connectivity index (χ4n) is 2.47. The minimum absolute atomic E-state index is 0.113. The van der Waals surface area contributed by atoms with Crippen LogP contribution < -0.4 is 16.0 Å². The summed E-state index contributed by atoms with van der Waals surface area (Å²) < 4.78 is 12.9. The van der Waals surface area contributed by atoms with E-state index in [1.54, 1.807) is 48.9 Å². The second kappa shape index (κ2) is 19.8. The quantitative estimate of drug-likeness (QED) is 0.268. The van der Waals surface area contributed by atoms with Crippen LogP contribution in [0.25, 0.3) is 0 Å². The molecule has 0 spiro atoms. The number of aliphatic hydroxyl groups is 1. The number of thiol groups is 1. The number of carbonyl (C=O) groups excluding carboxylic acids is 1. The molecule has 1 aromatic carbocycles.